The van der Waals surface area contributed by atoms with Gasteiger partial charge in [-0.25, -0.2) is 0 Å². The molecule has 0 aromatic heterocycles. The minimum absolute atomic E-state index is 0.208. The van der Waals surface area contributed by atoms with Crippen LogP contribution in [0.5, 0.6) is 0 Å². The maximum Gasteiger partial charge on any atom is 0.0314 e. The highest BCUT2D eigenvalue weighted by atomic mass is 14.6. The molecule has 106 valence electrons. The van der Waals surface area contributed by atoms with Crippen LogP contribution in [0, 0.1) is 0 Å². The van der Waals surface area contributed by atoms with Gasteiger partial charge in [0.05, 0.1) is 0 Å². The standard InChI is InChI=1S/C17H23N3/c1-12(18)2-11-17(13-3-7-15(19)8-4-13)14-5-9-16(20)10-6-14/h3-10,12,17H,2,11,18-20H2,1H3. The van der Waals surface area contributed by atoms with E-state index in [1.807, 2.05) is 31.2 Å². The first-order chi connectivity index (χ1) is 9.56. The lowest BCUT2D eigenvalue weighted by atomic mass is 9.86. The highest BCUT2D eigenvalue weighted by Crippen LogP contribution is 2.30. The van der Waals surface area contributed by atoms with Crippen LogP contribution in [0.25, 0.3) is 0 Å². The number of nitrogens with two attached hydrogens (primary N) is 3. The van der Waals surface area contributed by atoms with Crippen molar-refractivity contribution in [1.29, 1.82) is 0 Å². The number of hydrogen-bond donors (Lipinski definition) is 3. The number of hydrogen-bond acceptors (Lipinski definition) is 3. The molecule has 0 aliphatic rings. The van der Waals surface area contributed by atoms with Crippen molar-refractivity contribution in [3.63, 3.8) is 0 Å². The van der Waals surface area contributed by atoms with Crippen molar-refractivity contribution in [2.45, 2.75) is 31.7 Å². The first kappa shape index (κ1) is 14.4. The molecule has 0 saturated carbocycles. The Morgan fingerprint density at radius 1 is 0.750 bits per heavy atom. The fourth-order valence-corrected chi connectivity index (χ4v) is 2.41. The van der Waals surface area contributed by atoms with Crippen molar-refractivity contribution in [2.24, 2.45) is 5.73 Å². The van der Waals surface area contributed by atoms with Gasteiger partial charge in [0.2, 0.25) is 0 Å². The molecule has 0 saturated heterocycles. The van der Waals surface area contributed by atoms with Gasteiger partial charge < -0.3 is 17.2 Å². The zero-order valence-electron chi connectivity index (χ0n) is 11.9. The molecule has 0 heterocycles. The predicted molar refractivity (Wildman–Crippen MR) is 86.4 cm³/mol. The summed E-state index contributed by atoms with van der Waals surface area (Å²) in [6, 6.07) is 16.4. The molecule has 0 amide bonds. The van der Waals surface area contributed by atoms with E-state index < -0.39 is 0 Å². The van der Waals surface area contributed by atoms with Crippen molar-refractivity contribution in [3.05, 3.63) is 59.7 Å². The van der Waals surface area contributed by atoms with Gasteiger partial charge in [-0.2, -0.15) is 0 Å². The normalized spacial score (nSPS) is 12.6. The Morgan fingerprint density at radius 3 is 1.50 bits per heavy atom. The summed E-state index contributed by atoms with van der Waals surface area (Å²) < 4.78 is 0. The molecule has 6 N–H and O–H groups in total. The summed E-state index contributed by atoms with van der Waals surface area (Å²) in [4.78, 5) is 0. The van der Waals surface area contributed by atoms with Crippen molar-refractivity contribution in [1.82, 2.24) is 0 Å². The van der Waals surface area contributed by atoms with Gasteiger partial charge >= 0.3 is 0 Å². The molecule has 3 heteroatoms. The second-order valence-corrected chi connectivity index (χ2v) is 5.44. The zero-order chi connectivity index (χ0) is 14.5. The summed E-state index contributed by atoms with van der Waals surface area (Å²) in [5, 5.41) is 0. The Labute approximate surface area is 120 Å². The molecule has 0 aliphatic heterocycles. The Bertz CT molecular complexity index is 484. The average molecular weight is 269 g/mol. The van der Waals surface area contributed by atoms with Crippen LogP contribution in [0.4, 0.5) is 11.4 Å². The highest BCUT2D eigenvalue weighted by molar-refractivity contribution is 5.45. The van der Waals surface area contributed by atoms with Crippen LogP contribution < -0.4 is 17.2 Å². The number of benzene rings is 2. The summed E-state index contributed by atoms with van der Waals surface area (Å²) in [5.74, 6) is 0.335. The summed E-state index contributed by atoms with van der Waals surface area (Å²) in [6.45, 7) is 2.04. The molecule has 2 aromatic rings. The van der Waals surface area contributed by atoms with E-state index in [9.17, 15) is 0 Å². The number of rotatable bonds is 5. The third kappa shape index (κ3) is 3.75. The fraction of sp³-hybridized carbons (Fsp3) is 0.294. The largest absolute Gasteiger partial charge is 0.399 e. The van der Waals surface area contributed by atoms with Gasteiger partial charge in [-0.1, -0.05) is 24.3 Å². The Kier molecular flexibility index (Phi) is 4.64. The van der Waals surface area contributed by atoms with Gasteiger partial charge in [0.1, 0.15) is 0 Å². The molecular weight excluding hydrogens is 246 g/mol. The van der Waals surface area contributed by atoms with Crippen molar-refractivity contribution in [3.8, 4) is 0 Å². The molecule has 0 spiro atoms. The van der Waals surface area contributed by atoms with E-state index in [0.717, 1.165) is 24.2 Å². The average Bonchev–Trinajstić information content (AvgIpc) is 2.42. The minimum Gasteiger partial charge on any atom is -0.399 e. The Morgan fingerprint density at radius 2 is 1.15 bits per heavy atom. The van der Waals surface area contributed by atoms with Gasteiger partial charge in [0.15, 0.2) is 0 Å². The quantitative estimate of drug-likeness (QED) is 0.730. The molecule has 3 nitrogen and oxygen atoms in total. The van der Waals surface area contributed by atoms with E-state index in [1.54, 1.807) is 0 Å². The first-order valence-electron chi connectivity index (χ1n) is 7.02. The van der Waals surface area contributed by atoms with Crippen LogP contribution in [0.3, 0.4) is 0 Å². The second kappa shape index (κ2) is 6.44. The lowest BCUT2D eigenvalue weighted by molar-refractivity contribution is 0.586. The lowest BCUT2D eigenvalue weighted by Crippen LogP contribution is -2.16. The van der Waals surface area contributed by atoms with Crippen LogP contribution in [-0.4, -0.2) is 6.04 Å². The minimum atomic E-state index is 0.208. The van der Waals surface area contributed by atoms with E-state index in [2.05, 4.69) is 24.3 Å². The molecule has 20 heavy (non-hydrogen) atoms. The van der Waals surface area contributed by atoms with E-state index >= 15 is 0 Å². The summed E-state index contributed by atoms with van der Waals surface area (Å²) in [6.07, 6.45) is 2.00. The molecule has 2 aromatic carbocycles. The van der Waals surface area contributed by atoms with Gasteiger partial charge in [0.25, 0.3) is 0 Å². The molecular formula is C17H23N3. The Balaban J connectivity index is 2.28. The third-order valence-corrected chi connectivity index (χ3v) is 3.59. The van der Waals surface area contributed by atoms with Gasteiger partial charge in [-0.15, -0.1) is 0 Å². The molecule has 0 aliphatic carbocycles. The van der Waals surface area contributed by atoms with Gasteiger partial charge in [0, 0.05) is 23.3 Å². The second-order valence-electron chi connectivity index (χ2n) is 5.44. The third-order valence-electron chi connectivity index (χ3n) is 3.59. The van der Waals surface area contributed by atoms with Crippen molar-refractivity contribution >= 4 is 11.4 Å². The van der Waals surface area contributed by atoms with Crippen molar-refractivity contribution < 1.29 is 0 Å². The maximum absolute atomic E-state index is 5.91. The van der Waals surface area contributed by atoms with E-state index in [0.29, 0.717) is 5.92 Å². The number of nitrogen functional groups attached to an aromatic ring is 2. The van der Waals surface area contributed by atoms with Crippen LogP contribution in [0.1, 0.15) is 36.8 Å². The first-order valence-corrected chi connectivity index (χ1v) is 7.02. The molecule has 0 fully saturated rings. The maximum atomic E-state index is 5.91. The van der Waals surface area contributed by atoms with Crippen LogP contribution >= 0.6 is 0 Å². The summed E-state index contributed by atoms with van der Waals surface area (Å²) in [7, 11) is 0. The highest BCUT2D eigenvalue weighted by Gasteiger charge is 2.14. The fourth-order valence-electron chi connectivity index (χ4n) is 2.41. The molecule has 0 radical (unpaired) electrons. The smallest absolute Gasteiger partial charge is 0.0314 e. The van der Waals surface area contributed by atoms with E-state index in [1.165, 1.54) is 11.1 Å². The number of anilines is 2. The van der Waals surface area contributed by atoms with Gasteiger partial charge in [-0.05, 0) is 55.2 Å². The van der Waals surface area contributed by atoms with Crippen LogP contribution in [0.2, 0.25) is 0 Å². The molecule has 2 rings (SSSR count). The van der Waals surface area contributed by atoms with Crippen LogP contribution in [0.15, 0.2) is 48.5 Å². The SMILES string of the molecule is CC(N)CCC(c1ccc(N)cc1)c1ccc(N)cc1. The van der Waals surface area contributed by atoms with Crippen molar-refractivity contribution in [2.75, 3.05) is 11.5 Å². The monoisotopic (exact) mass is 269 g/mol. The van der Waals surface area contributed by atoms with E-state index in [4.69, 9.17) is 17.2 Å². The van der Waals surface area contributed by atoms with E-state index in [-0.39, 0.29) is 6.04 Å². The molecule has 0 bridgehead atoms. The Hall–Kier alpha value is -2.00. The lowest BCUT2D eigenvalue weighted by Gasteiger charge is -2.19. The topological polar surface area (TPSA) is 78.1 Å². The van der Waals surface area contributed by atoms with Gasteiger partial charge in [-0.3, -0.25) is 0 Å². The molecule has 1 unspecified atom stereocenters. The summed E-state index contributed by atoms with van der Waals surface area (Å²) >= 11 is 0. The zero-order valence-corrected chi connectivity index (χ0v) is 11.9. The van der Waals surface area contributed by atoms with Crippen LogP contribution in [-0.2, 0) is 0 Å². The molecule has 1 atom stereocenters. The summed E-state index contributed by atoms with van der Waals surface area (Å²) in [5.41, 5.74) is 21.6. The predicted octanol–water partition coefficient (Wildman–Crippen LogP) is 3.11.